The van der Waals surface area contributed by atoms with Gasteiger partial charge in [-0.3, -0.25) is 4.68 Å². The predicted molar refractivity (Wildman–Crippen MR) is 103 cm³/mol. The Morgan fingerprint density at radius 3 is 2.73 bits per heavy atom. The molecule has 0 amide bonds. The van der Waals surface area contributed by atoms with Gasteiger partial charge in [0.2, 0.25) is 0 Å². The van der Waals surface area contributed by atoms with Crippen molar-refractivity contribution in [1.82, 2.24) is 9.78 Å². The van der Waals surface area contributed by atoms with Gasteiger partial charge in [0.25, 0.3) is 0 Å². The van der Waals surface area contributed by atoms with E-state index in [9.17, 15) is 5.11 Å². The van der Waals surface area contributed by atoms with E-state index in [1.54, 1.807) is 20.1 Å². The van der Waals surface area contributed by atoms with Crippen LogP contribution in [0, 0.1) is 0 Å². The third-order valence-electron chi connectivity index (χ3n) is 4.80. The van der Waals surface area contributed by atoms with Crippen LogP contribution < -0.4 is 4.74 Å². The normalized spacial score (nSPS) is 21.9. The molecular formula is C20H25N3O3. The number of benzene rings is 1. The second-order valence-corrected chi connectivity index (χ2v) is 6.68. The van der Waals surface area contributed by atoms with Crippen LogP contribution in [-0.2, 0) is 0 Å². The zero-order valence-electron chi connectivity index (χ0n) is 15.2. The molecule has 0 saturated heterocycles. The van der Waals surface area contributed by atoms with Crippen molar-refractivity contribution in [2.75, 3.05) is 7.11 Å². The molecule has 1 aliphatic carbocycles. The molecule has 6 heteroatoms. The Kier molecular flexibility index (Phi) is 5.73. The maximum absolute atomic E-state index is 9.69. The molecule has 1 aromatic carbocycles. The molecule has 6 nitrogen and oxygen atoms in total. The number of methoxy groups -OCH3 is 1. The van der Waals surface area contributed by atoms with Gasteiger partial charge >= 0.3 is 0 Å². The molecule has 2 aromatic rings. The Morgan fingerprint density at radius 1 is 1.27 bits per heavy atom. The summed E-state index contributed by atoms with van der Waals surface area (Å²) in [6, 6.07) is 4.36. The second-order valence-electron chi connectivity index (χ2n) is 6.68. The van der Waals surface area contributed by atoms with Gasteiger partial charge in [-0.2, -0.15) is 5.10 Å². The average Bonchev–Trinajstić information content (AvgIpc) is 3.07. The number of fused-ring (bicyclic) bond motifs is 1. The summed E-state index contributed by atoms with van der Waals surface area (Å²) in [6.07, 6.45) is 12.9. The van der Waals surface area contributed by atoms with Crippen molar-refractivity contribution in [3.8, 4) is 5.75 Å². The summed E-state index contributed by atoms with van der Waals surface area (Å²) >= 11 is 0. The number of rotatable bonds is 5. The SMILES string of the molecule is COc1cc2nn(C3CCC(O)CC3)cc2cc1/C=C/C=C\C(C)=N\O. The minimum Gasteiger partial charge on any atom is -0.496 e. The maximum Gasteiger partial charge on any atom is 0.128 e. The molecule has 138 valence electrons. The number of nitrogens with zero attached hydrogens (tertiary/aromatic N) is 3. The van der Waals surface area contributed by atoms with Gasteiger partial charge in [-0.15, -0.1) is 0 Å². The van der Waals surface area contributed by atoms with Gasteiger partial charge in [0.05, 0.1) is 30.5 Å². The standard InChI is InChI=1S/C20H25N3O3/c1-14(22-25)5-3-4-6-15-11-16-13-23(17-7-9-18(24)10-8-17)21-19(16)12-20(15)26-2/h3-6,11-13,17-18,24-25H,7-10H2,1-2H3/b5-3-,6-4+,22-14+. The molecule has 1 heterocycles. The molecule has 1 aliphatic rings. The summed E-state index contributed by atoms with van der Waals surface area (Å²) in [7, 11) is 1.65. The number of oxime groups is 1. The first-order chi connectivity index (χ1) is 12.6. The van der Waals surface area contributed by atoms with Gasteiger partial charge in [0, 0.05) is 23.2 Å². The summed E-state index contributed by atoms with van der Waals surface area (Å²) in [5.41, 5.74) is 2.40. The van der Waals surface area contributed by atoms with Crippen molar-refractivity contribution in [2.45, 2.75) is 44.8 Å². The first-order valence-corrected chi connectivity index (χ1v) is 8.89. The lowest BCUT2D eigenvalue weighted by Crippen LogP contribution is -2.21. The van der Waals surface area contributed by atoms with Crippen LogP contribution in [0.4, 0.5) is 0 Å². The molecule has 3 rings (SSSR count). The summed E-state index contributed by atoms with van der Waals surface area (Å²) in [5.74, 6) is 0.763. The van der Waals surface area contributed by atoms with Gasteiger partial charge in [-0.05, 0) is 44.7 Å². The molecule has 0 atom stereocenters. The third-order valence-corrected chi connectivity index (χ3v) is 4.80. The second kappa shape index (κ2) is 8.19. The van der Waals surface area contributed by atoms with Gasteiger partial charge in [-0.1, -0.05) is 23.4 Å². The van der Waals surface area contributed by atoms with E-state index in [-0.39, 0.29) is 6.10 Å². The lowest BCUT2D eigenvalue weighted by atomic mass is 9.93. The van der Waals surface area contributed by atoms with Crippen molar-refractivity contribution in [2.24, 2.45) is 5.16 Å². The van der Waals surface area contributed by atoms with Crippen LogP contribution in [0.1, 0.15) is 44.2 Å². The third kappa shape index (κ3) is 4.14. The zero-order chi connectivity index (χ0) is 18.5. The summed E-state index contributed by atoms with van der Waals surface area (Å²) in [6.45, 7) is 1.72. The van der Waals surface area contributed by atoms with Gasteiger partial charge in [0.1, 0.15) is 5.75 Å². The number of aliphatic hydroxyl groups is 1. The quantitative estimate of drug-likeness (QED) is 0.368. The molecule has 0 spiro atoms. The van der Waals surface area contributed by atoms with Crippen LogP contribution >= 0.6 is 0 Å². The van der Waals surface area contributed by atoms with Crippen molar-refractivity contribution in [3.05, 3.63) is 42.1 Å². The number of allylic oxidation sites excluding steroid dienone is 3. The Bertz CT molecular complexity index is 843. The van der Waals surface area contributed by atoms with Crippen LogP contribution in [0.5, 0.6) is 5.75 Å². The highest BCUT2D eigenvalue weighted by Gasteiger charge is 2.21. The van der Waals surface area contributed by atoms with Crippen LogP contribution in [0.15, 0.2) is 41.7 Å². The first-order valence-electron chi connectivity index (χ1n) is 8.89. The molecular weight excluding hydrogens is 330 g/mol. The fourth-order valence-corrected chi connectivity index (χ4v) is 3.29. The predicted octanol–water partition coefficient (Wildman–Crippen LogP) is 3.94. The fourth-order valence-electron chi connectivity index (χ4n) is 3.29. The van der Waals surface area contributed by atoms with Crippen LogP contribution in [0.2, 0.25) is 0 Å². The van der Waals surface area contributed by atoms with E-state index in [0.29, 0.717) is 11.8 Å². The summed E-state index contributed by atoms with van der Waals surface area (Å²) in [5, 5.41) is 27.2. The molecule has 0 unspecified atom stereocenters. The van der Waals surface area contributed by atoms with E-state index in [1.165, 1.54) is 0 Å². The highest BCUT2D eigenvalue weighted by molar-refractivity contribution is 5.92. The maximum atomic E-state index is 9.69. The number of ether oxygens (including phenoxy) is 1. The summed E-state index contributed by atoms with van der Waals surface area (Å²) in [4.78, 5) is 0. The van der Waals surface area contributed by atoms with Gasteiger partial charge in [-0.25, -0.2) is 0 Å². The van der Waals surface area contributed by atoms with Crippen LogP contribution in [0.25, 0.3) is 17.0 Å². The Morgan fingerprint density at radius 2 is 2.04 bits per heavy atom. The number of hydrogen-bond donors (Lipinski definition) is 2. The largest absolute Gasteiger partial charge is 0.496 e. The van der Waals surface area contributed by atoms with E-state index < -0.39 is 0 Å². The molecule has 0 bridgehead atoms. The molecule has 26 heavy (non-hydrogen) atoms. The molecule has 1 saturated carbocycles. The molecule has 1 aromatic heterocycles. The highest BCUT2D eigenvalue weighted by atomic mass is 16.5. The van der Waals surface area contributed by atoms with Crippen molar-refractivity contribution < 1.29 is 15.1 Å². The molecule has 0 aliphatic heterocycles. The Hall–Kier alpha value is -2.60. The van der Waals surface area contributed by atoms with E-state index in [4.69, 9.17) is 15.0 Å². The Balaban J connectivity index is 1.85. The highest BCUT2D eigenvalue weighted by Crippen LogP contribution is 2.31. The lowest BCUT2D eigenvalue weighted by Gasteiger charge is -2.25. The van der Waals surface area contributed by atoms with Gasteiger partial charge in [0.15, 0.2) is 0 Å². The van der Waals surface area contributed by atoms with Crippen LogP contribution in [-0.4, -0.2) is 39.0 Å². The van der Waals surface area contributed by atoms with Crippen molar-refractivity contribution >= 4 is 22.7 Å². The zero-order valence-corrected chi connectivity index (χ0v) is 15.2. The first kappa shape index (κ1) is 18.2. The topological polar surface area (TPSA) is 79.9 Å². The number of hydrogen-bond acceptors (Lipinski definition) is 5. The lowest BCUT2D eigenvalue weighted by molar-refractivity contribution is 0.108. The van der Waals surface area contributed by atoms with Crippen LogP contribution in [0.3, 0.4) is 0 Å². The van der Waals surface area contributed by atoms with Gasteiger partial charge < -0.3 is 15.1 Å². The number of aliphatic hydroxyl groups excluding tert-OH is 1. The van der Waals surface area contributed by atoms with E-state index in [1.807, 2.05) is 29.0 Å². The molecule has 0 radical (unpaired) electrons. The molecule has 1 fully saturated rings. The number of aromatic nitrogens is 2. The summed E-state index contributed by atoms with van der Waals surface area (Å²) < 4.78 is 7.53. The average molecular weight is 355 g/mol. The smallest absolute Gasteiger partial charge is 0.128 e. The van der Waals surface area contributed by atoms with Crippen molar-refractivity contribution in [3.63, 3.8) is 0 Å². The van der Waals surface area contributed by atoms with E-state index >= 15 is 0 Å². The Labute approximate surface area is 153 Å². The molecule has 2 N–H and O–H groups in total. The monoisotopic (exact) mass is 355 g/mol. The fraction of sp³-hybridized carbons (Fsp3) is 0.400. The van der Waals surface area contributed by atoms with Crippen molar-refractivity contribution in [1.29, 1.82) is 0 Å². The minimum absolute atomic E-state index is 0.166. The minimum atomic E-state index is -0.166. The van der Waals surface area contributed by atoms with E-state index in [2.05, 4.69) is 17.4 Å². The van der Waals surface area contributed by atoms with E-state index in [0.717, 1.165) is 47.9 Å².